The van der Waals surface area contributed by atoms with Crippen molar-refractivity contribution in [2.45, 2.75) is 18.7 Å². The minimum absolute atomic E-state index is 0.174. The van der Waals surface area contributed by atoms with Crippen LogP contribution in [-0.2, 0) is 10.0 Å². The van der Waals surface area contributed by atoms with Crippen molar-refractivity contribution >= 4 is 31.6 Å². The van der Waals surface area contributed by atoms with Gasteiger partial charge in [-0.3, -0.25) is 4.72 Å². The van der Waals surface area contributed by atoms with Crippen LogP contribution in [0.5, 0.6) is 5.75 Å². The van der Waals surface area contributed by atoms with Gasteiger partial charge in [0.1, 0.15) is 5.75 Å². The maximum atomic E-state index is 12.4. The molecule has 0 aliphatic rings. The Hall–Kier alpha value is -1.53. The molecule has 0 unspecified atom stereocenters. The lowest BCUT2D eigenvalue weighted by Gasteiger charge is -2.11. The first-order valence-corrected chi connectivity index (χ1v) is 8.55. The van der Waals surface area contributed by atoms with Gasteiger partial charge in [0.25, 0.3) is 10.0 Å². The van der Waals surface area contributed by atoms with Gasteiger partial charge in [0.05, 0.1) is 16.5 Å². The summed E-state index contributed by atoms with van der Waals surface area (Å²) in [6.45, 7) is 3.92. The van der Waals surface area contributed by atoms with E-state index in [1.54, 1.807) is 12.1 Å². The molecule has 112 valence electrons. The normalized spacial score (nSPS) is 11.2. The molecule has 0 aromatic heterocycles. The number of methoxy groups -OCH3 is 1. The number of halogens is 1. The summed E-state index contributed by atoms with van der Waals surface area (Å²) in [5.41, 5.74) is 2.70. The maximum Gasteiger partial charge on any atom is 0.261 e. The van der Waals surface area contributed by atoms with Gasteiger partial charge in [-0.05, 0) is 71.2 Å². The van der Waals surface area contributed by atoms with Gasteiger partial charge >= 0.3 is 0 Å². The van der Waals surface area contributed by atoms with Crippen molar-refractivity contribution < 1.29 is 13.2 Å². The first kappa shape index (κ1) is 15.9. The minimum Gasteiger partial charge on any atom is -0.496 e. The zero-order chi connectivity index (χ0) is 15.6. The molecule has 4 nitrogen and oxygen atoms in total. The lowest BCUT2D eigenvalue weighted by Crippen LogP contribution is -2.13. The summed E-state index contributed by atoms with van der Waals surface area (Å²) in [7, 11) is -2.10. The predicted molar refractivity (Wildman–Crippen MR) is 87.4 cm³/mol. The van der Waals surface area contributed by atoms with Crippen molar-refractivity contribution in [2.24, 2.45) is 0 Å². The fourth-order valence-electron chi connectivity index (χ4n) is 1.83. The molecule has 2 aromatic carbocycles. The molecule has 2 aromatic rings. The van der Waals surface area contributed by atoms with Gasteiger partial charge in [-0.15, -0.1) is 0 Å². The molecule has 1 N–H and O–H groups in total. The number of anilines is 1. The number of nitrogens with one attached hydrogen (secondary N) is 1. The molecule has 2 rings (SSSR count). The molecule has 21 heavy (non-hydrogen) atoms. The first-order chi connectivity index (χ1) is 9.83. The van der Waals surface area contributed by atoms with Crippen LogP contribution in [0, 0.1) is 13.8 Å². The van der Waals surface area contributed by atoms with Crippen LogP contribution in [0.4, 0.5) is 5.69 Å². The molecule has 0 radical (unpaired) electrons. The largest absolute Gasteiger partial charge is 0.496 e. The van der Waals surface area contributed by atoms with Gasteiger partial charge in [-0.2, -0.15) is 0 Å². The molecule has 0 amide bonds. The molecule has 0 aliphatic heterocycles. The van der Waals surface area contributed by atoms with E-state index in [9.17, 15) is 8.42 Å². The second-order valence-corrected chi connectivity index (χ2v) is 7.24. The maximum absolute atomic E-state index is 12.4. The SMILES string of the molecule is COc1ccc(S(=O)(=O)Nc2ccc(C)c(C)c2)cc1Br. The Morgan fingerprint density at radius 3 is 2.33 bits per heavy atom. The highest BCUT2D eigenvalue weighted by Gasteiger charge is 2.16. The van der Waals surface area contributed by atoms with Gasteiger partial charge in [0.2, 0.25) is 0 Å². The van der Waals surface area contributed by atoms with Crippen LogP contribution < -0.4 is 9.46 Å². The van der Waals surface area contributed by atoms with Crippen LogP contribution in [0.25, 0.3) is 0 Å². The molecule has 0 aliphatic carbocycles. The zero-order valence-corrected chi connectivity index (χ0v) is 14.4. The summed E-state index contributed by atoms with van der Waals surface area (Å²) in [5, 5.41) is 0. The van der Waals surface area contributed by atoms with Crippen LogP contribution in [-0.4, -0.2) is 15.5 Å². The minimum atomic E-state index is -3.63. The monoisotopic (exact) mass is 369 g/mol. The standard InChI is InChI=1S/C15H16BrNO3S/c1-10-4-5-12(8-11(10)2)17-21(18,19)13-6-7-15(20-3)14(16)9-13/h4-9,17H,1-3H3. The molecule has 0 spiro atoms. The number of benzene rings is 2. The van der Waals surface area contributed by atoms with Crippen molar-refractivity contribution in [1.29, 1.82) is 0 Å². The van der Waals surface area contributed by atoms with E-state index in [1.165, 1.54) is 19.2 Å². The highest BCUT2D eigenvalue weighted by molar-refractivity contribution is 9.10. The lowest BCUT2D eigenvalue weighted by molar-refractivity contribution is 0.411. The van der Waals surface area contributed by atoms with Crippen LogP contribution in [0.3, 0.4) is 0 Å². The fraction of sp³-hybridized carbons (Fsp3) is 0.200. The van der Waals surface area contributed by atoms with E-state index in [1.807, 2.05) is 26.0 Å². The Morgan fingerprint density at radius 1 is 1.05 bits per heavy atom. The van der Waals surface area contributed by atoms with Crippen LogP contribution >= 0.6 is 15.9 Å². The topological polar surface area (TPSA) is 55.4 Å². The Balaban J connectivity index is 2.33. The number of sulfonamides is 1. The van der Waals surface area contributed by atoms with E-state index in [2.05, 4.69) is 20.7 Å². The highest BCUT2D eigenvalue weighted by atomic mass is 79.9. The number of hydrogen-bond acceptors (Lipinski definition) is 3. The fourth-order valence-corrected chi connectivity index (χ4v) is 3.60. The number of aryl methyl sites for hydroxylation is 2. The molecule has 6 heteroatoms. The predicted octanol–water partition coefficient (Wildman–Crippen LogP) is 3.88. The Bertz CT molecular complexity index is 772. The highest BCUT2D eigenvalue weighted by Crippen LogP contribution is 2.28. The van der Waals surface area contributed by atoms with E-state index in [4.69, 9.17) is 4.74 Å². The molecule has 0 fully saturated rings. The van der Waals surface area contributed by atoms with Crippen molar-refractivity contribution in [1.82, 2.24) is 0 Å². The average molecular weight is 370 g/mol. The smallest absolute Gasteiger partial charge is 0.261 e. The third kappa shape index (κ3) is 3.57. The van der Waals surface area contributed by atoms with E-state index in [0.717, 1.165) is 11.1 Å². The first-order valence-electron chi connectivity index (χ1n) is 6.27. The summed E-state index contributed by atoms with van der Waals surface area (Å²) in [6, 6.07) is 10.1. The van der Waals surface area contributed by atoms with Gasteiger partial charge < -0.3 is 4.74 Å². The molecule has 0 bridgehead atoms. The summed E-state index contributed by atoms with van der Waals surface area (Å²) < 4.78 is 33.0. The van der Waals surface area contributed by atoms with E-state index in [-0.39, 0.29) is 4.90 Å². The second-order valence-electron chi connectivity index (χ2n) is 4.70. The van der Waals surface area contributed by atoms with Gasteiger partial charge in [0.15, 0.2) is 0 Å². The molecule has 0 saturated heterocycles. The summed E-state index contributed by atoms with van der Waals surface area (Å²) in [6.07, 6.45) is 0. The molecular weight excluding hydrogens is 354 g/mol. The third-order valence-electron chi connectivity index (χ3n) is 3.19. The van der Waals surface area contributed by atoms with E-state index in [0.29, 0.717) is 15.9 Å². The average Bonchev–Trinajstić information content (AvgIpc) is 2.42. The van der Waals surface area contributed by atoms with Gasteiger partial charge in [0, 0.05) is 5.69 Å². The zero-order valence-electron chi connectivity index (χ0n) is 12.0. The number of ether oxygens (including phenoxy) is 1. The van der Waals surface area contributed by atoms with Crippen LogP contribution in [0.1, 0.15) is 11.1 Å². The molecule has 0 heterocycles. The molecule has 0 atom stereocenters. The molecule has 0 saturated carbocycles. The molecular formula is C15H16BrNO3S. The Labute approximate surface area is 133 Å². The summed E-state index contributed by atoms with van der Waals surface area (Å²) in [4.78, 5) is 0.174. The Kier molecular flexibility index (Phi) is 4.58. The second kappa shape index (κ2) is 6.07. The van der Waals surface area contributed by atoms with Crippen LogP contribution in [0.15, 0.2) is 45.8 Å². The van der Waals surface area contributed by atoms with E-state index < -0.39 is 10.0 Å². The van der Waals surface area contributed by atoms with Gasteiger partial charge in [-0.1, -0.05) is 6.07 Å². The summed E-state index contributed by atoms with van der Waals surface area (Å²) in [5.74, 6) is 0.583. The number of rotatable bonds is 4. The van der Waals surface area contributed by atoms with Crippen molar-refractivity contribution in [2.75, 3.05) is 11.8 Å². The van der Waals surface area contributed by atoms with Crippen molar-refractivity contribution in [3.8, 4) is 5.75 Å². The van der Waals surface area contributed by atoms with Crippen LogP contribution in [0.2, 0.25) is 0 Å². The third-order valence-corrected chi connectivity index (χ3v) is 5.19. The van der Waals surface area contributed by atoms with Crippen molar-refractivity contribution in [3.63, 3.8) is 0 Å². The van der Waals surface area contributed by atoms with Gasteiger partial charge in [-0.25, -0.2) is 8.42 Å². The lowest BCUT2D eigenvalue weighted by atomic mass is 10.1. The summed E-state index contributed by atoms with van der Waals surface area (Å²) >= 11 is 3.29. The van der Waals surface area contributed by atoms with E-state index >= 15 is 0 Å². The number of hydrogen-bond donors (Lipinski definition) is 1. The quantitative estimate of drug-likeness (QED) is 0.889. The Morgan fingerprint density at radius 2 is 1.76 bits per heavy atom. The van der Waals surface area contributed by atoms with Crippen molar-refractivity contribution in [3.05, 3.63) is 52.0 Å².